The summed E-state index contributed by atoms with van der Waals surface area (Å²) in [6, 6.07) is 0. The molecule has 1 aliphatic heterocycles. The Morgan fingerprint density at radius 2 is 2.00 bits per heavy atom. The van der Waals surface area contributed by atoms with Crippen LogP contribution in [0.5, 0.6) is 0 Å². The first-order valence-electron chi connectivity index (χ1n) is 6.76. The summed E-state index contributed by atoms with van der Waals surface area (Å²) < 4.78 is 52.2. The molecule has 3 rings (SSSR count). The van der Waals surface area contributed by atoms with E-state index >= 15 is 0 Å². The molecule has 0 fully saturated rings. The van der Waals surface area contributed by atoms with Crippen LogP contribution < -0.4 is 5.32 Å². The number of hydrogen-bond donors (Lipinski definition) is 1. The highest BCUT2D eigenvalue weighted by molar-refractivity contribution is 5.22. The minimum absolute atomic E-state index is 0.136. The number of aromatic nitrogens is 4. The Balaban J connectivity index is 1.62. The zero-order valence-corrected chi connectivity index (χ0v) is 11.4. The Morgan fingerprint density at radius 1 is 1.27 bits per heavy atom. The van der Waals surface area contributed by atoms with Crippen molar-refractivity contribution in [3.05, 3.63) is 35.9 Å². The second kappa shape index (κ2) is 5.54. The summed E-state index contributed by atoms with van der Waals surface area (Å²) in [5, 5.41) is 2.96. The van der Waals surface area contributed by atoms with Gasteiger partial charge in [-0.1, -0.05) is 0 Å². The van der Waals surface area contributed by atoms with Crippen molar-refractivity contribution in [3.63, 3.8) is 0 Å². The van der Waals surface area contributed by atoms with Gasteiger partial charge in [-0.2, -0.15) is 13.2 Å². The van der Waals surface area contributed by atoms with Crippen LogP contribution in [0, 0.1) is 11.7 Å². The van der Waals surface area contributed by atoms with E-state index in [2.05, 4.69) is 20.3 Å². The van der Waals surface area contributed by atoms with Crippen LogP contribution in [-0.4, -0.2) is 26.1 Å². The number of anilines is 1. The first kappa shape index (κ1) is 14.7. The van der Waals surface area contributed by atoms with E-state index in [0.29, 0.717) is 31.3 Å². The highest BCUT2D eigenvalue weighted by Gasteiger charge is 2.35. The lowest BCUT2D eigenvalue weighted by molar-refractivity contribution is -0.141. The van der Waals surface area contributed by atoms with Crippen molar-refractivity contribution in [2.75, 3.05) is 11.9 Å². The van der Waals surface area contributed by atoms with Crippen molar-refractivity contribution < 1.29 is 17.6 Å². The van der Waals surface area contributed by atoms with Gasteiger partial charge >= 0.3 is 6.18 Å². The molecule has 0 unspecified atom stereocenters. The monoisotopic (exact) mass is 315 g/mol. The van der Waals surface area contributed by atoms with Gasteiger partial charge in [-0.05, 0) is 12.3 Å². The maximum atomic E-state index is 12.7. The van der Waals surface area contributed by atoms with Crippen molar-refractivity contribution in [1.82, 2.24) is 19.5 Å². The molecule has 1 aliphatic rings. The van der Waals surface area contributed by atoms with Gasteiger partial charge < -0.3 is 9.88 Å². The molecule has 1 N–H and O–H groups in total. The predicted molar refractivity (Wildman–Crippen MR) is 69.5 cm³/mol. The van der Waals surface area contributed by atoms with Gasteiger partial charge in [0.1, 0.15) is 5.82 Å². The molecule has 0 spiro atoms. The highest BCUT2D eigenvalue weighted by atomic mass is 19.4. The van der Waals surface area contributed by atoms with E-state index in [1.54, 1.807) is 4.57 Å². The molecule has 2 aromatic rings. The minimum Gasteiger partial charge on any atom is -0.354 e. The largest absolute Gasteiger partial charge is 0.434 e. The lowest BCUT2D eigenvalue weighted by atomic mass is 9.99. The normalized spacial score (nSPS) is 18.1. The van der Waals surface area contributed by atoms with Crippen molar-refractivity contribution in [2.24, 2.45) is 5.92 Å². The summed E-state index contributed by atoms with van der Waals surface area (Å²) >= 11 is 0. The van der Waals surface area contributed by atoms with E-state index < -0.39 is 17.7 Å². The van der Waals surface area contributed by atoms with Crippen LogP contribution in [0.1, 0.15) is 17.9 Å². The Morgan fingerprint density at radius 3 is 2.68 bits per heavy atom. The van der Waals surface area contributed by atoms with Gasteiger partial charge in [0.15, 0.2) is 11.5 Å². The van der Waals surface area contributed by atoms with Crippen LogP contribution in [0.3, 0.4) is 0 Å². The molecule has 0 saturated carbocycles. The molecule has 2 aromatic heterocycles. The fourth-order valence-corrected chi connectivity index (χ4v) is 2.46. The molecule has 0 saturated heterocycles. The lowest BCUT2D eigenvalue weighted by Crippen LogP contribution is -2.26. The minimum atomic E-state index is -4.42. The quantitative estimate of drug-likeness (QED) is 0.884. The number of rotatable bonds is 3. The molecule has 0 aliphatic carbocycles. The van der Waals surface area contributed by atoms with Gasteiger partial charge in [-0.15, -0.1) is 0 Å². The summed E-state index contributed by atoms with van der Waals surface area (Å²) in [4.78, 5) is 11.2. The molecule has 5 nitrogen and oxygen atoms in total. The standard InChI is InChI=1S/C13H13F4N5/c14-9-4-19-12(20-5-9)18-3-8-1-2-11-21-10(13(15,16)17)7-22(11)6-8/h4-5,7-8H,1-3,6H2,(H,18,19,20)/t8-/m0/s1. The predicted octanol–water partition coefficient (Wildman–Crippen LogP) is 2.51. The average molecular weight is 315 g/mol. The Labute approximate surface area is 123 Å². The molecule has 22 heavy (non-hydrogen) atoms. The van der Waals surface area contributed by atoms with E-state index in [4.69, 9.17) is 0 Å². The van der Waals surface area contributed by atoms with Crippen LogP contribution >= 0.6 is 0 Å². The van der Waals surface area contributed by atoms with Gasteiger partial charge in [0.25, 0.3) is 0 Å². The second-order valence-electron chi connectivity index (χ2n) is 5.20. The van der Waals surface area contributed by atoms with Gasteiger partial charge in [0.2, 0.25) is 5.95 Å². The number of nitrogens with one attached hydrogen (secondary N) is 1. The zero-order chi connectivity index (χ0) is 15.7. The summed E-state index contributed by atoms with van der Waals surface area (Å²) in [7, 11) is 0. The van der Waals surface area contributed by atoms with E-state index in [1.807, 2.05) is 0 Å². The van der Waals surface area contributed by atoms with Crippen LogP contribution in [0.4, 0.5) is 23.5 Å². The first-order chi connectivity index (χ1) is 10.4. The zero-order valence-electron chi connectivity index (χ0n) is 11.4. The maximum absolute atomic E-state index is 12.7. The molecule has 0 radical (unpaired) electrons. The number of alkyl halides is 3. The lowest BCUT2D eigenvalue weighted by Gasteiger charge is -2.23. The van der Waals surface area contributed by atoms with Crippen molar-refractivity contribution >= 4 is 5.95 Å². The Kier molecular flexibility index (Phi) is 3.71. The fourth-order valence-electron chi connectivity index (χ4n) is 2.46. The number of hydrogen-bond acceptors (Lipinski definition) is 4. The van der Waals surface area contributed by atoms with Crippen molar-refractivity contribution in [3.8, 4) is 0 Å². The van der Waals surface area contributed by atoms with E-state index in [-0.39, 0.29) is 5.92 Å². The van der Waals surface area contributed by atoms with Crippen LogP contribution in [0.2, 0.25) is 0 Å². The van der Waals surface area contributed by atoms with Gasteiger partial charge in [-0.25, -0.2) is 19.3 Å². The molecule has 3 heterocycles. The summed E-state index contributed by atoms with van der Waals surface area (Å²) in [5.74, 6) is 0.373. The topological polar surface area (TPSA) is 55.6 Å². The highest BCUT2D eigenvalue weighted by Crippen LogP contribution is 2.30. The summed E-state index contributed by atoms with van der Waals surface area (Å²) in [6.07, 6.45) is -0.0370. The van der Waals surface area contributed by atoms with E-state index in [9.17, 15) is 17.6 Å². The summed E-state index contributed by atoms with van der Waals surface area (Å²) in [5.41, 5.74) is -0.849. The number of aryl methyl sites for hydroxylation is 1. The van der Waals surface area contributed by atoms with E-state index in [1.165, 1.54) is 0 Å². The van der Waals surface area contributed by atoms with Gasteiger partial charge in [0.05, 0.1) is 12.4 Å². The number of fused-ring (bicyclic) bond motifs is 1. The fraction of sp³-hybridized carbons (Fsp3) is 0.462. The molecular formula is C13H13F4N5. The molecule has 9 heteroatoms. The molecule has 118 valence electrons. The maximum Gasteiger partial charge on any atom is 0.434 e. The third-order valence-corrected chi connectivity index (χ3v) is 3.55. The van der Waals surface area contributed by atoms with Crippen molar-refractivity contribution in [2.45, 2.75) is 25.6 Å². The third-order valence-electron chi connectivity index (χ3n) is 3.55. The molecular weight excluding hydrogens is 302 g/mol. The Bertz CT molecular complexity index is 649. The molecule has 0 amide bonds. The molecule has 0 bridgehead atoms. The average Bonchev–Trinajstić information content (AvgIpc) is 2.90. The van der Waals surface area contributed by atoms with Gasteiger partial charge in [-0.3, -0.25) is 0 Å². The van der Waals surface area contributed by atoms with Crippen LogP contribution in [0.15, 0.2) is 18.6 Å². The third kappa shape index (κ3) is 3.18. The number of imidazole rings is 1. The molecule has 1 atom stereocenters. The summed E-state index contributed by atoms with van der Waals surface area (Å²) in [6.45, 7) is 0.956. The smallest absolute Gasteiger partial charge is 0.354 e. The molecule has 0 aromatic carbocycles. The van der Waals surface area contributed by atoms with E-state index in [0.717, 1.165) is 25.0 Å². The van der Waals surface area contributed by atoms with Gasteiger partial charge in [0, 0.05) is 25.7 Å². The second-order valence-corrected chi connectivity index (χ2v) is 5.20. The van der Waals surface area contributed by atoms with Crippen molar-refractivity contribution in [1.29, 1.82) is 0 Å². The Hall–Kier alpha value is -2.19. The van der Waals surface area contributed by atoms with Crippen LogP contribution in [0.25, 0.3) is 0 Å². The number of nitrogens with zero attached hydrogens (tertiary/aromatic N) is 4. The number of halogens is 4. The SMILES string of the molecule is Fc1cnc(NC[C@@H]2CCc3nc(C(F)(F)F)cn3C2)nc1. The first-order valence-corrected chi connectivity index (χ1v) is 6.76. The van der Waals surface area contributed by atoms with Crippen LogP contribution in [-0.2, 0) is 19.1 Å².